The van der Waals surface area contributed by atoms with Crippen molar-refractivity contribution in [2.75, 3.05) is 0 Å². The third-order valence-corrected chi connectivity index (χ3v) is 3.75. The van der Waals surface area contributed by atoms with E-state index in [-0.39, 0.29) is 23.9 Å². The second kappa shape index (κ2) is 4.01. The van der Waals surface area contributed by atoms with Crippen LogP contribution < -0.4 is 5.73 Å². The number of hydrogen-bond acceptors (Lipinski definition) is 3. The van der Waals surface area contributed by atoms with Crippen molar-refractivity contribution < 1.29 is 9.59 Å². The van der Waals surface area contributed by atoms with Gasteiger partial charge in [-0.05, 0) is 26.7 Å². The van der Waals surface area contributed by atoms with Crippen LogP contribution >= 0.6 is 0 Å². The molecule has 1 saturated carbocycles. The molecule has 0 bridgehead atoms. The zero-order chi connectivity index (χ0) is 11.9. The Hall–Kier alpha value is -1.16. The van der Waals surface area contributed by atoms with Crippen molar-refractivity contribution in [3.8, 4) is 0 Å². The minimum Gasteiger partial charge on any atom is -0.326 e. The molecule has 1 aliphatic carbocycles. The van der Waals surface area contributed by atoms with Gasteiger partial charge in [0, 0.05) is 17.2 Å². The molecule has 4 nitrogen and oxygen atoms in total. The number of nitrogens with two attached hydrogens (primary N) is 1. The van der Waals surface area contributed by atoms with Gasteiger partial charge < -0.3 is 5.73 Å². The second-order valence-electron chi connectivity index (χ2n) is 4.75. The van der Waals surface area contributed by atoms with E-state index < -0.39 is 0 Å². The first-order chi connectivity index (χ1) is 7.54. The summed E-state index contributed by atoms with van der Waals surface area (Å²) in [6.07, 6.45) is 3.89. The van der Waals surface area contributed by atoms with Gasteiger partial charge in [0.15, 0.2) is 0 Å². The van der Waals surface area contributed by atoms with E-state index in [0.717, 1.165) is 25.7 Å². The Balaban J connectivity index is 2.23. The fraction of sp³-hybridized carbons (Fsp3) is 0.667. The molecule has 2 rings (SSSR count). The van der Waals surface area contributed by atoms with Crippen LogP contribution in [0.3, 0.4) is 0 Å². The molecule has 1 aliphatic heterocycles. The number of imide groups is 1. The molecule has 4 heteroatoms. The van der Waals surface area contributed by atoms with E-state index in [1.807, 2.05) is 0 Å². The number of carbonyl (C=O) groups excluding carboxylic acids is 2. The fourth-order valence-corrected chi connectivity index (χ4v) is 2.54. The minimum absolute atomic E-state index is 0.0552. The molecule has 2 unspecified atom stereocenters. The Kier molecular flexibility index (Phi) is 2.84. The summed E-state index contributed by atoms with van der Waals surface area (Å²) in [5.74, 6) is -0.297. The molecule has 0 spiro atoms. The SMILES string of the molecule is CC1=C(C)C(=O)N(C2CCCCC2N)C1=O. The summed E-state index contributed by atoms with van der Waals surface area (Å²) >= 11 is 0. The number of rotatable bonds is 1. The van der Waals surface area contributed by atoms with Crippen molar-refractivity contribution in [2.24, 2.45) is 5.73 Å². The zero-order valence-corrected chi connectivity index (χ0v) is 9.82. The second-order valence-corrected chi connectivity index (χ2v) is 4.75. The van der Waals surface area contributed by atoms with Crippen molar-refractivity contribution in [3.63, 3.8) is 0 Å². The maximum absolute atomic E-state index is 12.0. The van der Waals surface area contributed by atoms with Gasteiger partial charge in [-0.25, -0.2) is 0 Å². The normalized spacial score (nSPS) is 31.6. The molecule has 0 aromatic carbocycles. The van der Waals surface area contributed by atoms with E-state index in [2.05, 4.69) is 0 Å². The summed E-state index contributed by atoms with van der Waals surface area (Å²) in [6, 6.07) is -0.151. The predicted molar refractivity (Wildman–Crippen MR) is 60.5 cm³/mol. The Morgan fingerprint density at radius 2 is 1.56 bits per heavy atom. The summed E-state index contributed by atoms with van der Waals surface area (Å²) in [4.78, 5) is 25.3. The van der Waals surface area contributed by atoms with Crippen LogP contribution in [0.25, 0.3) is 0 Å². The summed E-state index contributed by atoms with van der Waals surface area (Å²) < 4.78 is 0. The van der Waals surface area contributed by atoms with Crippen LogP contribution in [0.15, 0.2) is 11.1 Å². The highest BCUT2D eigenvalue weighted by Crippen LogP contribution is 2.29. The van der Waals surface area contributed by atoms with Gasteiger partial charge in [-0.2, -0.15) is 0 Å². The van der Waals surface area contributed by atoms with E-state index in [9.17, 15) is 9.59 Å². The third kappa shape index (κ3) is 1.57. The number of amides is 2. The summed E-state index contributed by atoms with van der Waals surface area (Å²) in [5.41, 5.74) is 7.15. The first kappa shape index (κ1) is 11.3. The molecule has 2 aliphatic rings. The molecule has 1 fully saturated rings. The molecular formula is C12H18N2O2. The summed E-state index contributed by atoms with van der Waals surface area (Å²) in [7, 11) is 0. The van der Waals surface area contributed by atoms with Crippen molar-refractivity contribution in [1.29, 1.82) is 0 Å². The molecule has 0 aromatic heterocycles. The van der Waals surface area contributed by atoms with Crippen LogP contribution in [0.2, 0.25) is 0 Å². The number of carbonyl (C=O) groups is 2. The average molecular weight is 222 g/mol. The molecule has 0 saturated heterocycles. The highest BCUT2D eigenvalue weighted by atomic mass is 16.2. The molecule has 1 heterocycles. The largest absolute Gasteiger partial charge is 0.326 e. The van der Waals surface area contributed by atoms with Gasteiger partial charge in [0.25, 0.3) is 11.8 Å². The van der Waals surface area contributed by atoms with Gasteiger partial charge in [-0.1, -0.05) is 12.8 Å². The highest BCUT2D eigenvalue weighted by Gasteiger charge is 2.41. The molecule has 2 N–H and O–H groups in total. The Morgan fingerprint density at radius 3 is 2.06 bits per heavy atom. The first-order valence-corrected chi connectivity index (χ1v) is 5.85. The van der Waals surface area contributed by atoms with E-state index in [1.165, 1.54) is 4.90 Å². The lowest BCUT2D eigenvalue weighted by molar-refractivity contribution is -0.141. The van der Waals surface area contributed by atoms with Gasteiger partial charge in [0.1, 0.15) is 0 Å². The highest BCUT2D eigenvalue weighted by molar-refractivity contribution is 6.19. The topological polar surface area (TPSA) is 63.4 Å². The van der Waals surface area contributed by atoms with Gasteiger partial charge in [0.2, 0.25) is 0 Å². The van der Waals surface area contributed by atoms with Crippen LogP contribution in [-0.2, 0) is 9.59 Å². The maximum Gasteiger partial charge on any atom is 0.257 e. The molecule has 88 valence electrons. The fourth-order valence-electron chi connectivity index (χ4n) is 2.54. The zero-order valence-electron chi connectivity index (χ0n) is 9.82. The van der Waals surface area contributed by atoms with Crippen molar-refractivity contribution >= 4 is 11.8 Å². The maximum atomic E-state index is 12.0. The average Bonchev–Trinajstić information content (AvgIpc) is 2.45. The Morgan fingerprint density at radius 1 is 1.06 bits per heavy atom. The van der Waals surface area contributed by atoms with E-state index >= 15 is 0 Å². The molecule has 2 atom stereocenters. The standard InChI is InChI=1S/C12H18N2O2/c1-7-8(2)12(16)14(11(7)15)10-6-4-3-5-9(10)13/h9-10H,3-6,13H2,1-2H3. The number of nitrogens with zero attached hydrogens (tertiary/aromatic N) is 1. The molecule has 2 amide bonds. The lowest BCUT2D eigenvalue weighted by Crippen LogP contribution is -2.52. The Labute approximate surface area is 95.5 Å². The van der Waals surface area contributed by atoms with Gasteiger partial charge >= 0.3 is 0 Å². The monoisotopic (exact) mass is 222 g/mol. The molecular weight excluding hydrogens is 204 g/mol. The summed E-state index contributed by atoms with van der Waals surface area (Å²) in [5, 5.41) is 0. The molecule has 0 aromatic rings. The predicted octanol–water partition coefficient (Wildman–Crippen LogP) is 0.962. The van der Waals surface area contributed by atoms with Gasteiger partial charge in [-0.3, -0.25) is 14.5 Å². The Bertz CT molecular complexity index is 349. The quantitative estimate of drug-likeness (QED) is 0.672. The first-order valence-electron chi connectivity index (χ1n) is 5.85. The van der Waals surface area contributed by atoms with Crippen molar-refractivity contribution in [1.82, 2.24) is 4.90 Å². The lowest BCUT2D eigenvalue weighted by Gasteiger charge is -2.34. The van der Waals surface area contributed by atoms with Gasteiger partial charge in [-0.15, -0.1) is 0 Å². The van der Waals surface area contributed by atoms with Crippen molar-refractivity contribution in [2.45, 2.75) is 51.6 Å². The van der Waals surface area contributed by atoms with Gasteiger partial charge in [0.05, 0.1) is 6.04 Å². The summed E-state index contributed by atoms with van der Waals surface area (Å²) in [6.45, 7) is 3.42. The smallest absolute Gasteiger partial charge is 0.257 e. The van der Waals surface area contributed by atoms with E-state index in [4.69, 9.17) is 5.73 Å². The molecule has 0 radical (unpaired) electrons. The van der Waals surface area contributed by atoms with Crippen LogP contribution in [-0.4, -0.2) is 28.8 Å². The van der Waals surface area contributed by atoms with Crippen LogP contribution in [0, 0.1) is 0 Å². The minimum atomic E-state index is -0.148. The van der Waals surface area contributed by atoms with Crippen molar-refractivity contribution in [3.05, 3.63) is 11.1 Å². The molecule has 16 heavy (non-hydrogen) atoms. The van der Waals surface area contributed by atoms with Crippen LogP contribution in [0.4, 0.5) is 0 Å². The van der Waals surface area contributed by atoms with E-state index in [0.29, 0.717) is 11.1 Å². The van der Waals surface area contributed by atoms with Crippen LogP contribution in [0.1, 0.15) is 39.5 Å². The lowest BCUT2D eigenvalue weighted by atomic mass is 9.90. The van der Waals surface area contributed by atoms with Crippen LogP contribution in [0.5, 0.6) is 0 Å². The third-order valence-electron chi connectivity index (χ3n) is 3.75. The van der Waals surface area contributed by atoms with E-state index in [1.54, 1.807) is 13.8 Å². The number of hydrogen-bond donors (Lipinski definition) is 1.